The number of carboxylic acids is 1. The van der Waals surface area contributed by atoms with Crippen LogP contribution in [0.1, 0.15) is 12.0 Å². The third-order valence-corrected chi connectivity index (χ3v) is 3.98. The Balaban J connectivity index is 1.96. The fourth-order valence-electron chi connectivity index (χ4n) is 1.75. The highest BCUT2D eigenvalue weighted by atomic mass is 32.2. The molecule has 0 amide bonds. The lowest BCUT2D eigenvalue weighted by atomic mass is 10.2. The molecular formula is C17H16O2S. The highest BCUT2D eigenvalue weighted by Gasteiger charge is 2.16. The Morgan fingerprint density at radius 2 is 1.65 bits per heavy atom. The molecule has 2 rings (SSSR count). The van der Waals surface area contributed by atoms with E-state index in [0.717, 1.165) is 10.5 Å². The van der Waals surface area contributed by atoms with Gasteiger partial charge >= 0.3 is 5.97 Å². The van der Waals surface area contributed by atoms with Crippen molar-refractivity contribution in [3.05, 3.63) is 72.3 Å². The molecular weight excluding hydrogens is 268 g/mol. The summed E-state index contributed by atoms with van der Waals surface area (Å²) in [5.41, 5.74) is 1.08. The van der Waals surface area contributed by atoms with Crippen LogP contribution in [-0.4, -0.2) is 16.3 Å². The van der Waals surface area contributed by atoms with Gasteiger partial charge in [-0.25, -0.2) is 0 Å². The Hall–Kier alpha value is -2.00. The van der Waals surface area contributed by atoms with Crippen LogP contribution in [0, 0.1) is 0 Å². The zero-order chi connectivity index (χ0) is 14.2. The number of thioether (sulfide) groups is 1. The molecule has 1 unspecified atom stereocenters. The topological polar surface area (TPSA) is 37.3 Å². The van der Waals surface area contributed by atoms with Gasteiger partial charge in [-0.1, -0.05) is 60.7 Å². The third kappa shape index (κ3) is 4.59. The second-order valence-electron chi connectivity index (χ2n) is 4.31. The zero-order valence-corrected chi connectivity index (χ0v) is 11.8. The second kappa shape index (κ2) is 7.56. The normalized spacial score (nSPS) is 12.4. The number of carbonyl (C=O) groups is 1. The van der Waals surface area contributed by atoms with Gasteiger partial charge in [0.05, 0.1) is 0 Å². The molecule has 2 aromatic carbocycles. The molecule has 0 aliphatic rings. The van der Waals surface area contributed by atoms with Gasteiger partial charge in [-0.2, -0.15) is 0 Å². The molecule has 0 saturated heterocycles. The van der Waals surface area contributed by atoms with Gasteiger partial charge in [0, 0.05) is 4.90 Å². The van der Waals surface area contributed by atoms with E-state index in [9.17, 15) is 9.90 Å². The summed E-state index contributed by atoms with van der Waals surface area (Å²) in [5.74, 6) is -0.781. The van der Waals surface area contributed by atoms with E-state index >= 15 is 0 Å². The van der Waals surface area contributed by atoms with Crippen molar-refractivity contribution < 1.29 is 9.90 Å². The average molecular weight is 284 g/mol. The van der Waals surface area contributed by atoms with E-state index in [-0.39, 0.29) is 0 Å². The summed E-state index contributed by atoms with van der Waals surface area (Å²) in [7, 11) is 0. The average Bonchev–Trinajstić information content (AvgIpc) is 2.48. The number of allylic oxidation sites excluding steroid dienone is 1. The lowest BCUT2D eigenvalue weighted by molar-refractivity contribution is -0.136. The summed E-state index contributed by atoms with van der Waals surface area (Å²) in [5, 5.41) is 8.82. The Bertz CT molecular complexity index is 564. The maximum Gasteiger partial charge on any atom is 0.317 e. The van der Waals surface area contributed by atoms with Crippen molar-refractivity contribution in [3.8, 4) is 0 Å². The van der Waals surface area contributed by atoms with Gasteiger partial charge in [-0.05, 0) is 24.1 Å². The number of hydrogen-bond donors (Lipinski definition) is 1. The minimum absolute atomic E-state index is 0.461. The van der Waals surface area contributed by atoms with E-state index in [0.29, 0.717) is 6.42 Å². The van der Waals surface area contributed by atoms with Gasteiger partial charge < -0.3 is 5.11 Å². The summed E-state index contributed by atoms with van der Waals surface area (Å²) in [4.78, 5) is 12.3. The maximum absolute atomic E-state index is 11.3. The van der Waals surface area contributed by atoms with Crippen LogP contribution in [0.15, 0.2) is 71.6 Å². The smallest absolute Gasteiger partial charge is 0.317 e. The van der Waals surface area contributed by atoms with Crippen LogP contribution in [-0.2, 0) is 4.79 Å². The highest BCUT2D eigenvalue weighted by Crippen LogP contribution is 2.25. The molecule has 0 fully saturated rings. The van der Waals surface area contributed by atoms with E-state index in [1.54, 1.807) is 0 Å². The van der Waals surface area contributed by atoms with Crippen molar-refractivity contribution in [1.29, 1.82) is 0 Å². The first kappa shape index (κ1) is 14.4. The van der Waals surface area contributed by atoms with Crippen LogP contribution >= 0.6 is 11.8 Å². The molecule has 0 bridgehead atoms. The van der Waals surface area contributed by atoms with E-state index in [1.807, 2.05) is 72.8 Å². The van der Waals surface area contributed by atoms with E-state index < -0.39 is 11.2 Å². The van der Waals surface area contributed by atoms with Crippen molar-refractivity contribution >= 4 is 23.8 Å². The molecule has 0 spiro atoms. The van der Waals surface area contributed by atoms with Gasteiger partial charge in [0.25, 0.3) is 0 Å². The summed E-state index contributed by atoms with van der Waals surface area (Å²) >= 11 is 1.38. The predicted octanol–water partition coefficient (Wildman–Crippen LogP) is 4.34. The quantitative estimate of drug-likeness (QED) is 0.802. The first-order valence-electron chi connectivity index (χ1n) is 6.42. The van der Waals surface area contributed by atoms with Crippen LogP contribution in [0.25, 0.3) is 6.08 Å². The molecule has 0 aromatic heterocycles. The summed E-state index contributed by atoms with van der Waals surface area (Å²) < 4.78 is 0. The molecule has 0 saturated carbocycles. The van der Waals surface area contributed by atoms with Gasteiger partial charge in [-0.15, -0.1) is 11.8 Å². The largest absolute Gasteiger partial charge is 0.480 e. The minimum atomic E-state index is -0.781. The van der Waals surface area contributed by atoms with Crippen molar-refractivity contribution in [2.45, 2.75) is 16.6 Å². The fraction of sp³-hybridized carbons (Fsp3) is 0.118. The number of hydrogen-bond acceptors (Lipinski definition) is 2. The molecule has 1 N–H and O–H groups in total. The first-order chi connectivity index (χ1) is 9.75. The molecule has 0 aliphatic carbocycles. The number of carboxylic acid groups (broad SMARTS) is 1. The van der Waals surface area contributed by atoms with Crippen molar-refractivity contribution in [1.82, 2.24) is 0 Å². The third-order valence-electron chi connectivity index (χ3n) is 2.76. The van der Waals surface area contributed by atoms with E-state index in [1.165, 1.54) is 11.8 Å². The molecule has 0 aliphatic heterocycles. The minimum Gasteiger partial charge on any atom is -0.480 e. The number of aliphatic carboxylic acids is 1. The molecule has 102 valence electrons. The molecule has 20 heavy (non-hydrogen) atoms. The van der Waals surface area contributed by atoms with Gasteiger partial charge in [0.15, 0.2) is 0 Å². The lowest BCUT2D eigenvalue weighted by Gasteiger charge is -2.09. The zero-order valence-electron chi connectivity index (χ0n) is 11.0. The molecule has 0 radical (unpaired) electrons. The molecule has 3 heteroatoms. The first-order valence-corrected chi connectivity index (χ1v) is 7.30. The standard InChI is InChI=1S/C17H16O2S/c18-17(19)16(20-15-11-5-2-6-12-15)13-7-10-14-8-3-1-4-9-14/h1-12,16H,13H2,(H,18,19). The summed E-state index contributed by atoms with van der Waals surface area (Å²) in [6.07, 6.45) is 4.38. The predicted molar refractivity (Wildman–Crippen MR) is 83.8 cm³/mol. The lowest BCUT2D eigenvalue weighted by Crippen LogP contribution is -2.15. The van der Waals surface area contributed by atoms with Crippen LogP contribution in [0.5, 0.6) is 0 Å². The van der Waals surface area contributed by atoms with E-state index in [4.69, 9.17) is 0 Å². The van der Waals surface area contributed by atoms with Crippen LogP contribution in [0.3, 0.4) is 0 Å². The van der Waals surface area contributed by atoms with E-state index in [2.05, 4.69) is 0 Å². The van der Waals surface area contributed by atoms with Gasteiger partial charge in [-0.3, -0.25) is 4.79 Å². The van der Waals surface area contributed by atoms with Crippen molar-refractivity contribution in [2.75, 3.05) is 0 Å². The Labute approximate surface area is 123 Å². The molecule has 2 nitrogen and oxygen atoms in total. The number of rotatable bonds is 6. The van der Waals surface area contributed by atoms with Crippen LogP contribution in [0.4, 0.5) is 0 Å². The fourth-order valence-corrected chi connectivity index (χ4v) is 2.71. The van der Waals surface area contributed by atoms with Gasteiger partial charge in [0.1, 0.15) is 5.25 Å². The van der Waals surface area contributed by atoms with Crippen LogP contribution < -0.4 is 0 Å². The van der Waals surface area contributed by atoms with Crippen molar-refractivity contribution in [2.24, 2.45) is 0 Å². The SMILES string of the molecule is O=C(O)C(CC=Cc1ccccc1)Sc1ccccc1. The highest BCUT2D eigenvalue weighted by molar-refractivity contribution is 8.00. The number of benzene rings is 2. The summed E-state index contributed by atoms with van der Waals surface area (Å²) in [6, 6.07) is 19.5. The monoisotopic (exact) mass is 284 g/mol. The van der Waals surface area contributed by atoms with Gasteiger partial charge in [0.2, 0.25) is 0 Å². The maximum atomic E-state index is 11.3. The Morgan fingerprint density at radius 3 is 2.25 bits per heavy atom. The molecule has 1 atom stereocenters. The molecule has 2 aromatic rings. The van der Waals surface area contributed by atoms with Crippen molar-refractivity contribution in [3.63, 3.8) is 0 Å². The summed E-state index contributed by atoms with van der Waals surface area (Å²) in [6.45, 7) is 0. The van der Waals surface area contributed by atoms with Crippen LogP contribution in [0.2, 0.25) is 0 Å². The Morgan fingerprint density at radius 1 is 1.05 bits per heavy atom. The molecule has 0 heterocycles. The second-order valence-corrected chi connectivity index (χ2v) is 5.58. The Kier molecular flexibility index (Phi) is 5.44.